The minimum Gasteiger partial charge on any atom is -0.479 e. The number of carbonyl (C=O) groups is 2. The third-order valence-corrected chi connectivity index (χ3v) is 4.87. The summed E-state index contributed by atoms with van der Waals surface area (Å²) in [6, 6.07) is 6.01. The van der Waals surface area contributed by atoms with Gasteiger partial charge in [0.05, 0.1) is 16.3 Å². The number of nitrogens with zero attached hydrogens (tertiary/aromatic N) is 1. The molecule has 0 radical (unpaired) electrons. The van der Waals surface area contributed by atoms with Crippen molar-refractivity contribution in [3.8, 4) is 0 Å². The summed E-state index contributed by atoms with van der Waals surface area (Å²) in [7, 11) is 0. The molecule has 1 aromatic carbocycles. The molecule has 1 aromatic heterocycles. The Balaban J connectivity index is 2.02. The Hall–Kier alpha value is -2.55. The average Bonchev–Trinajstić information content (AvgIpc) is 2.60. The van der Waals surface area contributed by atoms with E-state index in [1.165, 1.54) is 6.07 Å². The van der Waals surface area contributed by atoms with E-state index < -0.39 is 29.7 Å². The van der Waals surface area contributed by atoms with Crippen LogP contribution in [-0.4, -0.2) is 27.7 Å². The molecule has 0 bridgehead atoms. The fraction of sp³-hybridized carbons (Fsp3) is 0.278. The number of hydrogen-bond donors (Lipinski definition) is 2. The molecule has 1 unspecified atom stereocenters. The molecule has 0 saturated heterocycles. The van der Waals surface area contributed by atoms with Crippen molar-refractivity contribution in [3.05, 3.63) is 58.8 Å². The van der Waals surface area contributed by atoms with Gasteiger partial charge in [0, 0.05) is 6.20 Å². The zero-order valence-corrected chi connectivity index (χ0v) is 15.3. The third kappa shape index (κ3) is 5.46. The normalized spacial score (nSPS) is 12.5. The molecule has 1 amide bonds. The molecule has 9 heteroatoms. The van der Waals surface area contributed by atoms with Crippen LogP contribution in [0.25, 0.3) is 0 Å². The van der Waals surface area contributed by atoms with Crippen LogP contribution < -0.4 is 5.32 Å². The van der Waals surface area contributed by atoms with E-state index >= 15 is 0 Å². The quantitative estimate of drug-likeness (QED) is 0.725. The molecule has 5 nitrogen and oxygen atoms in total. The Labute approximate surface area is 158 Å². The number of halogens is 3. The Morgan fingerprint density at radius 2 is 1.93 bits per heavy atom. The number of aromatic nitrogens is 1. The second kappa shape index (κ2) is 8.43. The van der Waals surface area contributed by atoms with Crippen molar-refractivity contribution >= 4 is 23.6 Å². The fourth-order valence-corrected chi connectivity index (χ4v) is 2.99. The van der Waals surface area contributed by atoms with Gasteiger partial charge in [0.1, 0.15) is 0 Å². The van der Waals surface area contributed by atoms with Crippen molar-refractivity contribution in [2.75, 3.05) is 5.75 Å². The van der Waals surface area contributed by atoms with Crippen molar-refractivity contribution in [1.82, 2.24) is 10.3 Å². The highest BCUT2D eigenvalue weighted by Crippen LogP contribution is 2.29. The van der Waals surface area contributed by atoms with Gasteiger partial charge in [-0.15, -0.1) is 0 Å². The Bertz CT molecular complexity index is 839. The second-order valence-corrected chi connectivity index (χ2v) is 6.80. The van der Waals surface area contributed by atoms with Crippen LogP contribution >= 0.6 is 11.8 Å². The number of nitrogens with one attached hydrogen (secondary N) is 1. The number of alkyl halides is 3. The van der Waals surface area contributed by atoms with E-state index in [-0.39, 0.29) is 10.8 Å². The summed E-state index contributed by atoms with van der Waals surface area (Å²) in [6.45, 7) is 3.61. The van der Waals surface area contributed by atoms with Crippen molar-refractivity contribution < 1.29 is 27.9 Å². The van der Waals surface area contributed by atoms with Crippen LogP contribution in [0.1, 0.15) is 28.3 Å². The summed E-state index contributed by atoms with van der Waals surface area (Å²) in [4.78, 5) is 27.4. The van der Waals surface area contributed by atoms with Gasteiger partial charge in [-0.05, 0) is 42.7 Å². The smallest absolute Gasteiger partial charge is 0.417 e. The average molecular weight is 398 g/mol. The Kier molecular flexibility index (Phi) is 6.48. The topological polar surface area (TPSA) is 79.3 Å². The number of hydrogen-bond acceptors (Lipinski definition) is 4. The van der Waals surface area contributed by atoms with Crippen LogP contribution in [0, 0.1) is 13.8 Å². The maximum Gasteiger partial charge on any atom is 0.417 e. The van der Waals surface area contributed by atoms with Crippen LogP contribution in [0.3, 0.4) is 0 Å². The highest BCUT2D eigenvalue weighted by molar-refractivity contribution is 7.99. The lowest BCUT2D eigenvalue weighted by Gasteiger charge is -2.18. The van der Waals surface area contributed by atoms with Crippen LogP contribution in [-0.2, 0) is 15.8 Å². The molecule has 0 aliphatic rings. The van der Waals surface area contributed by atoms with Crippen LogP contribution in [0.2, 0.25) is 0 Å². The molecule has 2 aromatic rings. The summed E-state index contributed by atoms with van der Waals surface area (Å²) in [5, 5.41) is 12.1. The first-order chi connectivity index (χ1) is 12.6. The number of benzene rings is 1. The van der Waals surface area contributed by atoms with E-state index in [2.05, 4.69) is 10.3 Å². The summed E-state index contributed by atoms with van der Waals surface area (Å²) in [5.41, 5.74) is 1.27. The van der Waals surface area contributed by atoms with Gasteiger partial charge in [-0.2, -0.15) is 13.2 Å². The number of rotatable bonds is 6. The third-order valence-electron chi connectivity index (χ3n) is 3.92. The summed E-state index contributed by atoms with van der Waals surface area (Å²) in [5.74, 6) is -1.93. The predicted octanol–water partition coefficient (Wildman–Crippen LogP) is 3.75. The van der Waals surface area contributed by atoms with Crippen molar-refractivity contribution in [2.24, 2.45) is 0 Å². The summed E-state index contributed by atoms with van der Waals surface area (Å²) >= 11 is 0.921. The molecule has 1 atom stereocenters. The monoisotopic (exact) mass is 398 g/mol. The van der Waals surface area contributed by atoms with E-state index in [0.29, 0.717) is 11.8 Å². The van der Waals surface area contributed by atoms with E-state index in [4.69, 9.17) is 0 Å². The molecule has 0 aliphatic heterocycles. The number of amides is 1. The minimum atomic E-state index is -4.48. The molecule has 0 saturated carbocycles. The molecule has 0 aliphatic carbocycles. The number of aryl methyl sites for hydroxylation is 1. The van der Waals surface area contributed by atoms with Gasteiger partial charge in [0.15, 0.2) is 6.04 Å². The first kappa shape index (κ1) is 20.8. The van der Waals surface area contributed by atoms with Gasteiger partial charge < -0.3 is 10.4 Å². The van der Waals surface area contributed by atoms with Gasteiger partial charge in [0.2, 0.25) is 5.91 Å². The summed E-state index contributed by atoms with van der Waals surface area (Å²) in [6.07, 6.45) is -3.79. The van der Waals surface area contributed by atoms with Crippen molar-refractivity contribution in [2.45, 2.75) is 31.1 Å². The molecule has 144 valence electrons. The van der Waals surface area contributed by atoms with E-state index in [0.717, 1.165) is 29.0 Å². The molecule has 0 fully saturated rings. The van der Waals surface area contributed by atoms with E-state index in [1.54, 1.807) is 19.1 Å². The van der Waals surface area contributed by atoms with Gasteiger partial charge in [-0.25, -0.2) is 9.78 Å². The van der Waals surface area contributed by atoms with Crippen LogP contribution in [0.4, 0.5) is 13.2 Å². The second-order valence-electron chi connectivity index (χ2n) is 5.80. The highest BCUT2D eigenvalue weighted by atomic mass is 32.2. The maximum atomic E-state index is 12.5. The lowest BCUT2D eigenvalue weighted by molar-refractivity contribution is -0.141. The minimum absolute atomic E-state index is 0.174. The number of thioether (sulfide) groups is 1. The van der Waals surface area contributed by atoms with Crippen molar-refractivity contribution in [1.29, 1.82) is 0 Å². The van der Waals surface area contributed by atoms with Crippen molar-refractivity contribution in [3.63, 3.8) is 0 Å². The molecular formula is C18H17F3N2O3S. The van der Waals surface area contributed by atoms with Crippen LogP contribution in [0.15, 0.2) is 41.6 Å². The highest BCUT2D eigenvalue weighted by Gasteiger charge is 2.30. The van der Waals surface area contributed by atoms with E-state index in [1.807, 2.05) is 13.0 Å². The number of carbonyl (C=O) groups excluding carboxylic acids is 1. The molecule has 1 heterocycles. The zero-order chi connectivity index (χ0) is 20.2. The van der Waals surface area contributed by atoms with Gasteiger partial charge in [0.25, 0.3) is 0 Å². The fourth-order valence-electron chi connectivity index (χ4n) is 2.33. The number of carboxylic acids is 1. The molecule has 0 spiro atoms. The Morgan fingerprint density at radius 3 is 2.48 bits per heavy atom. The van der Waals surface area contributed by atoms with Gasteiger partial charge >= 0.3 is 12.1 Å². The predicted molar refractivity (Wildman–Crippen MR) is 94.4 cm³/mol. The molecule has 2 N–H and O–H groups in total. The van der Waals surface area contributed by atoms with Crippen LogP contribution in [0.5, 0.6) is 0 Å². The lowest BCUT2D eigenvalue weighted by atomic mass is 9.97. The van der Waals surface area contributed by atoms with Gasteiger partial charge in [-0.3, -0.25) is 4.79 Å². The zero-order valence-electron chi connectivity index (χ0n) is 14.5. The van der Waals surface area contributed by atoms with Gasteiger partial charge in [-0.1, -0.05) is 30.0 Å². The standard InChI is InChI=1S/C18H17F3N2O3S/c1-10-4-3-5-13(11(10)2)16(17(25)26)23-14(24)9-27-15-7-6-12(8-22-15)18(19,20)21/h3-8,16H,9H2,1-2H3,(H,23,24)(H,25,26). The molecule has 27 heavy (non-hydrogen) atoms. The molecule has 2 rings (SSSR count). The number of pyridine rings is 1. The first-order valence-electron chi connectivity index (χ1n) is 7.84. The summed E-state index contributed by atoms with van der Waals surface area (Å²) < 4.78 is 37.5. The molecular weight excluding hydrogens is 381 g/mol. The van der Waals surface area contributed by atoms with E-state index in [9.17, 15) is 27.9 Å². The SMILES string of the molecule is Cc1cccc(C(NC(=O)CSc2ccc(C(F)(F)F)cn2)C(=O)O)c1C. The maximum absolute atomic E-state index is 12.5. The largest absolute Gasteiger partial charge is 0.479 e. The lowest BCUT2D eigenvalue weighted by Crippen LogP contribution is -2.35. The first-order valence-corrected chi connectivity index (χ1v) is 8.82. The Morgan fingerprint density at radius 1 is 1.22 bits per heavy atom. The number of carboxylic acid groups (broad SMARTS) is 1. The number of aliphatic carboxylic acids is 1.